The van der Waals surface area contributed by atoms with Gasteiger partial charge in [-0.05, 0) is 84.2 Å². The molecule has 0 heterocycles. The second-order valence-electron chi connectivity index (χ2n) is 21.2. The van der Waals surface area contributed by atoms with E-state index in [1.807, 2.05) is 95.2 Å². The summed E-state index contributed by atoms with van der Waals surface area (Å²) in [6.07, 6.45) is 18.9. The van der Waals surface area contributed by atoms with Crippen molar-refractivity contribution in [2.24, 2.45) is 0 Å². The first-order chi connectivity index (χ1) is 31.4. The van der Waals surface area contributed by atoms with Crippen molar-refractivity contribution in [3.8, 4) is 11.5 Å². The normalized spacial score (nSPS) is 16.0. The molecule has 0 saturated heterocycles. The average Bonchev–Trinajstić information content (AvgIpc) is 3.17. The number of para-hydroxylation sites is 2. The second-order valence-corrected chi connectivity index (χ2v) is 21.2. The minimum atomic E-state index is -4.53. The van der Waals surface area contributed by atoms with Crippen molar-refractivity contribution in [2.75, 3.05) is 0 Å². The molecule has 0 aliphatic heterocycles. The fourth-order valence-corrected chi connectivity index (χ4v) is 6.97. The number of benzene rings is 4. The molecular weight excluding hydrogens is 1260 g/mol. The summed E-state index contributed by atoms with van der Waals surface area (Å²) in [6.45, 7) is 23.4. The minimum absolute atomic E-state index is 0. The molecule has 2 aliphatic carbocycles. The molecular formula is C58H72F6N2O2Pt2. The number of hydrogen-bond acceptors (Lipinski definition) is 2. The summed E-state index contributed by atoms with van der Waals surface area (Å²) in [5, 5.41) is 34.0. The van der Waals surface area contributed by atoms with Crippen LogP contribution < -0.4 is 10.2 Å². The summed E-state index contributed by atoms with van der Waals surface area (Å²) in [7, 11) is 0. The zero-order chi connectivity index (χ0) is 51.1. The Kier molecular flexibility index (Phi) is 25.3. The van der Waals surface area contributed by atoms with Crippen LogP contribution in [0.4, 0.5) is 49.1 Å². The quantitative estimate of drug-likeness (QED) is 0.151. The predicted octanol–water partition coefficient (Wildman–Crippen LogP) is 18.8. The minimum Gasteiger partial charge on any atom is -0.873 e. The van der Waals surface area contributed by atoms with Crippen molar-refractivity contribution in [1.29, 1.82) is 0 Å². The van der Waals surface area contributed by atoms with Gasteiger partial charge in [0.25, 0.3) is 0 Å². The molecule has 2 aliphatic rings. The number of halogens is 6. The van der Waals surface area contributed by atoms with Crippen molar-refractivity contribution in [3.63, 3.8) is 0 Å². The van der Waals surface area contributed by atoms with Crippen molar-refractivity contribution in [3.05, 3.63) is 165 Å². The van der Waals surface area contributed by atoms with Gasteiger partial charge in [0.05, 0.1) is 0 Å². The van der Waals surface area contributed by atoms with Crippen LogP contribution in [-0.2, 0) is 76.1 Å². The zero-order valence-electron chi connectivity index (χ0n) is 42.8. The van der Waals surface area contributed by atoms with Gasteiger partial charge in [-0.15, -0.1) is 34.2 Å². The Hall–Kier alpha value is -4.00. The number of hydrogen-bond donors (Lipinski definition) is 0. The summed E-state index contributed by atoms with van der Waals surface area (Å²) in [6, 6.07) is 17.0. The van der Waals surface area contributed by atoms with Gasteiger partial charge in [-0.3, -0.25) is 0 Å². The largest absolute Gasteiger partial charge is 2.00 e. The van der Waals surface area contributed by atoms with Crippen LogP contribution in [0.25, 0.3) is 10.6 Å². The third-order valence-corrected chi connectivity index (χ3v) is 11.1. The maximum absolute atomic E-state index is 13.3. The van der Waals surface area contributed by atoms with Crippen LogP contribution in [0.15, 0.2) is 121 Å². The van der Waals surface area contributed by atoms with Crippen LogP contribution >= 0.6 is 0 Å². The van der Waals surface area contributed by atoms with Gasteiger partial charge >= 0.3 is 54.5 Å². The number of alkyl halides is 6. The smallest absolute Gasteiger partial charge is 0.873 e. The molecule has 4 aromatic carbocycles. The van der Waals surface area contributed by atoms with Gasteiger partial charge in [-0.2, -0.15) is 26.3 Å². The van der Waals surface area contributed by atoms with Crippen molar-refractivity contribution in [1.82, 2.24) is 0 Å². The number of rotatable bonds is 4. The Morgan fingerprint density at radius 3 is 0.800 bits per heavy atom. The fraction of sp³-hybridized carbons (Fsp3) is 0.448. The Labute approximate surface area is 444 Å². The zero-order valence-corrected chi connectivity index (χ0v) is 47.4. The summed E-state index contributed by atoms with van der Waals surface area (Å²) >= 11 is 0. The number of allylic oxidation sites excluding steroid dienone is 8. The van der Waals surface area contributed by atoms with Crippen LogP contribution in [0.1, 0.15) is 168 Å². The van der Waals surface area contributed by atoms with E-state index in [0.717, 1.165) is 23.3 Å². The molecule has 0 N–H and O–H groups in total. The fourth-order valence-electron chi connectivity index (χ4n) is 6.97. The first kappa shape index (κ1) is 64.0. The molecule has 388 valence electrons. The summed E-state index contributed by atoms with van der Waals surface area (Å²) < 4.78 is 79.5. The van der Waals surface area contributed by atoms with E-state index in [9.17, 15) is 36.6 Å². The molecule has 0 radical (unpaired) electrons. The van der Waals surface area contributed by atoms with Crippen molar-refractivity contribution >= 4 is 22.7 Å². The molecule has 70 heavy (non-hydrogen) atoms. The third kappa shape index (κ3) is 21.0. The monoisotopic (exact) mass is 1330 g/mol. The molecule has 0 unspecified atom stereocenters. The van der Waals surface area contributed by atoms with Crippen LogP contribution in [0.5, 0.6) is 11.5 Å². The first-order valence-electron chi connectivity index (χ1n) is 23.5. The van der Waals surface area contributed by atoms with E-state index in [2.05, 4.69) is 59.2 Å². The van der Waals surface area contributed by atoms with E-state index in [4.69, 9.17) is 0 Å². The van der Waals surface area contributed by atoms with Crippen LogP contribution in [-0.4, -0.2) is 0 Å². The molecule has 0 amide bonds. The molecule has 0 atom stereocenters. The Bertz CT molecular complexity index is 2140. The van der Waals surface area contributed by atoms with E-state index in [1.165, 1.54) is 87.8 Å². The Balaban J connectivity index is 0.000000520. The molecule has 0 saturated carbocycles. The van der Waals surface area contributed by atoms with Crippen molar-refractivity contribution in [2.45, 2.75) is 168 Å². The van der Waals surface area contributed by atoms with Gasteiger partial charge in [0.2, 0.25) is 0 Å². The summed E-state index contributed by atoms with van der Waals surface area (Å²) in [5.41, 5.74) is -0.682. The summed E-state index contributed by atoms with van der Waals surface area (Å²) in [4.78, 5) is 0. The molecule has 0 bridgehead atoms. The third-order valence-electron chi connectivity index (χ3n) is 11.1. The van der Waals surface area contributed by atoms with E-state index in [0.29, 0.717) is 11.1 Å². The Morgan fingerprint density at radius 1 is 0.343 bits per heavy atom. The van der Waals surface area contributed by atoms with E-state index in [-0.39, 0.29) is 87.2 Å². The summed E-state index contributed by atoms with van der Waals surface area (Å²) in [5.74, 6) is -0.662. The van der Waals surface area contributed by atoms with Gasteiger partial charge in [0, 0.05) is 11.1 Å². The maximum Gasteiger partial charge on any atom is 2.00 e. The molecule has 0 spiro atoms. The van der Waals surface area contributed by atoms with Gasteiger partial charge in [-0.25, -0.2) is 0 Å². The second kappa shape index (κ2) is 27.7. The molecule has 0 fully saturated rings. The van der Waals surface area contributed by atoms with Gasteiger partial charge in [0.1, 0.15) is 0 Å². The molecule has 6 rings (SSSR count). The van der Waals surface area contributed by atoms with Crippen molar-refractivity contribution < 1.29 is 78.7 Å². The molecule has 12 heteroatoms. The topological polar surface area (TPSA) is 74.3 Å². The maximum atomic E-state index is 13.3. The van der Waals surface area contributed by atoms with Crippen LogP contribution in [0, 0.1) is 0 Å². The molecule has 4 aromatic rings. The molecule has 4 nitrogen and oxygen atoms in total. The van der Waals surface area contributed by atoms with E-state index < -0.39 is 34.3 Å². The number of nitrogens with zero attached hydrogens (tertiary/aromatic N) is 2. The SMILES string of the molecule is C1=C\CC/C=C\CC/1.C1=C\CC/C=C\CC/1.CC(C)(C)c1cc([N-]c2ccccc2C(F)(F)F)c([O-])c(C(C)(C)C)c1.CC(C)(C)c1cc([N-]c2ccccc2C(F)(F)F)c([O-])c(C(C)(C)C)c1.[Pt+2].[Pt+2]. The predicted molar refractivity (Wildman–Crippen MR) is 268 cm³/mol. The first-order valence-corrected chi connectivity index (χ1v) is 23.5. The molecule has 0 aromatic heterocycles. The van der Waals surface area contributed by atoms with Gasteiger partial charge in [-0.1, -0.05) is 216 Å². The van der Waals surface area contributed by atoms with E-state index >= 15 is 0 Å². The Morgan fingerprint density at radius 2 is 0.586 bits per heavy atom. The van der Waals surface area contributed by atoms with Gasteiger partial charge < -0.3 is 20.8 Å². The van der Waals surface area contributed by atoms with Crippen LogP contribution in [0.2, 0.25) is 0 Å². The standard InChI is InChI=1S/2C21H25F3NO.2C8H12.2Pt/c2*1-19(2,3)13-11-15(20(4,5)6)18(26)17(12-13)25-16-10-8-7-9-14(16)21(22,23)24;2*1-2-4-6-8-7-5-3-1;;/h2*7-12,26H,1-6H3;2*1-2,7-8H,3-6H2;;/q2*-1;;;2*+2/p-2/b;;2*2-1-,8-7-;;. The van der Waals surface area contributed by atoms with Gasteiger partial charge in [0.15, 0.2) is 0 Å². The van der Waals surface area contributed by atoms with Crippen LogP contribution in [0.3, 0.4) is 0 Å². The van der Waals surface area contributed by atoms with E-state index in [1.54, 1.807) is 12.1 Å². The average molecular weight is 1330 g/mol.